The van der Waals surface area contributed by atoms with Gasteiger partial charge < -0.3 is 34.4 Å². The fraction of sp³-hybridized carbons (Fsp3) is 0.619. The standard InChI is InChI=1S/C21H30ClN3O8P2/c22-21-24-18-9-14(19-8-6-16(33-19)11-32-35(30,31)12-34(27,28)29)3-7-17(18)20(25-21)23-10-13-1-4-15(26)5-2-13/h3,7,9,13,15-16,19,26H,1-2,4-6,8,10-12H2,(H,30,31)(H,23,24,25)(H2,27,28,29)/t13?,15?,16-,19+/m0/s1. The number of fused-ring (bicyclic) bond motifs is 1. The van der Waals surface area contributed by atoms with E-state index >= 15 is 0 Å². The molecule has 2 aliphatic rings. The molecule has 194 valence electrons. The molecule has 0 amide bonds. The lowest BCUT2D eigenvalue weighted by atomic mass is 9.87. The van der Waals surface area contributed by atoms with Gasteiger partial charge in [-0.2, -0.15) is 0 Å². The number of benzene rings is 1. The van der Waals surface area contributed by atoms with Gasteiger partial charge in [0.2, 0.25) is 5.28 Å². The molecule has 2 aromatic rings. The molecule has 0 bridgehead atoms. The third-order valence-electron chi connectivity index (χ3n) is 6.37. The van der Waals surface area contributed by atoms with Gasteiger partial charge in [-0.3, -0.25) is 9.13 Å². The zero-order valence-electron chi connectivity index (χ0n) is 19.0. The van der Waals surface area contributed by atoms with E-state index in [0.29, 0.717) is 30.1 Å². The van der Waals surface area contributed by atoms with E-state index < -0.39 is 27.2 Å². The van der Waals surface area contributed by atoms with Gasteiger partial charge in [0.15, 0.2) is 5.90 Å². The van der Waals surface area contributed by atoms with Gasteiger partial charge in [0.25, 0.3) is 0 Å². The molecule has 0 radical (unpaired) electrons. The maximum absolute atomic E-state index is 11.9. The fourth-order valence-electron chi connectivity index (χ4n) is 4.59. The first-order valence-corrected chi connectivity index (χ1v) is 15.5. The highest BCUT2D eigenvalue weighted by Crippen LogP contribution is 2.55. The summed E-state index contributed by atoms with van der Waals surface area (Å²) in [5.74, 6) is -0.108. The molecule has 1 aliphatic heterocycles. The number of anilines is 1. The van der Waals surface area contributed by atoms with Gasteiger partial charge in [-0.1, -0.05) is 6.07 Å². The van der Waals surface area contributed by atoms with Crippen LogP contribution in [0.5, 0.6) is 0 Å². The van der Waals surface area contributed by atoms with E-state index in [4.69, 9.17) is 30.6 Å². The average molecular weight is 550 g/mol. The van der Waals surface area contributed by atoms with E-state index in [1.165, 1.54) is 0 Å². The van der Waals surface area contributed by atoms with Crippen LogP contribution in [0.1, 0.15) is 50.2 Å². The van der Waals surface area contributed by atoms with Crippen LogP contribution in [0.15, 0.2) is 18.2 Å². The smallest absolute Gasteiger partial charge is 0.340 e. The van der Waals surface area contributed by atoms with Crippen molar-refractivity contribution in [3.05, 3.63) is 29.0 Å². The lowest BCUT2D eigenvalue weighted by molar-refractivity contribution is 0.0150. The molecular formula is C21H30ClN3O8P2. The first-order chi connectivity index (χ1) is 16.5. The van der Waals surface area contributed by atoms with Crippen molar-refractivity contribution >= 4 is 43.5 Å². The number of halogens is 1. The van der Waals surface area contributed by atoms with Gasteiger partial charge >= 0.3 is 15.2 Å². The van der Waals surface area contributed by atoms with Gasteiger partial charge in [-0.05, 0) is 73.7 Å². The van der Waals surface area contributed by atoms with Crippen molar-refractivity contribution in [2.75, 3.05) is 24.4 Å². The van der Waals surface area contributed by atoms with E-state index in [0.717, 1.165) is 43.2 Å². The molecule has 0 spiro atoms. The Labute approximate surface area is 207 Å². The predicted octanol–water partition coefficient (Wildman–Crippen LogP) is 3.80. The Hall–Kier alpha value is -1.13. The summed E-state index contributed by atoms with van der Waals surface area (Å²) in [7, 11) is -9.09. The van der Waals surface area contributed by atoms with Crippen LogP contribution < -0.4 is 5.32 Å². The van der Waals surface area contributed by atoms with Crippen molar-refractivity contribution in [2.24, 2.45) is 5.92 Å². The van der Waals surface area contributed by atoms with Crippen LogP contribution in [-0.4, -0.2) is 61.0 Å². The molecule has 5 N–H and O–H groups in total. The quantitative estimate of drug-likeness (QED) is 0.227. The first-order valence-electron chi connectivity index (χ1n) is 11.5. The van der Waals surface area contributed by atoms with Crippen LogP contribution in [0.25, 0.3) is 10.9 Å². The number of ether oxygens (including phenoxy) is 1. The summed E-state index contributed by atoms with van der Waals surface area (Å²) in [5.41, 5.74) is 1.53. The summed E-state index contributed by atoms with van der Waals surface area (Å²) < 4.78 is 33.7. The van der Waals surface area contributed by atoms with Crippen LogP contribution >= 0.6 is 26.8 Å². The highest BCUT2D eigenvalue weighted by Gasteiger charge is 2.34. The molecule has 4 rings (SSSR count). The average Bonchev–Trinajstić information content (AvgIpc) is 3.24. The van der Waals surface area contributed by atoms with Crippen molar-refractivity contribution in [3.8, 4) is 0 Å². The highest BCUT2D eigenvalue weighted by atomic mass is 35.5. The zero-order chi connectivity index (χ0) is 25.2. The Bertz CT molecular complexity index is 1140. The van der Waals surface area contributed by atoms with E-state index in [2.05, 4.69) is 15.3 Å². The van der Waals surface area contributed by atoms with E-state index in [9.17, 15) is 19.1 Å². The number of nitrogens with zero attached hydrogens (tertiary/aromatic N) is 2. The zero-order valence-corrected chi connectivity index (χ0v) is 21.5. The molecule has 1 unspecified atom stereocenters. The summed E-state index contributed by atoms with van der Waals surface area (Å²) in [5, 5.41) is 14.0. The minimum atomic E-state index is -4.67. The number of rotatable bonds is 9. The van der Waals surface area contributed by atoms with Crippen LogP contribution in [0.2, 0.25) is 5.28 Å². The molecule has 1 saturated heterocycles. The van der Waals surface area contributed by atoms with E-state index in [1.807, 2.05) is 18.2 Å². The Kier molecular flexibility index (Phi) is 8.53. The largest absolute Gasteiger partial charge is 0.393 e. The topological polar surface area (TPSA) is 171 Å². The Morgan fingerprint density at radius 1 is 1.09 bits per heavy atom. The van der Waals surface area contributed by atoms with Gasteiger partial charge in [-0.15, -0.1) is 0 Å². The van der Waals surface area contributed by atoms with Gasteiger partial charge in [0, 0.05) is 11.9 Å². The number of aliphatic hydroxyl groups excluding tert-OH is 1. The molecule has 1 aromatic heterocycles. The monoisotopic (exact) mass is 549 g/mol. The highest BCUT2D eigenvalue weighted by molar-refractivity contribution is 7.70. The third kappa shape index (κ3) is 7.68. The molecule has 1 aromatic carbocycles. The Morgan fingerprint density at radius 2 is 1.83 bits per heavy atom. The fourth-order valence-corrected chi connectivity index (χ4v) is 7.35. The van der Waals surface area contributed by atoms with Crippen molar-refractivity contribution in [3.63, 3.8) is 0 Å². The Morgan fingerprint density at radius 3 is 2.54 bits per heavy atom. The van der Waals surface area contributed by atoms with Crippen LogP contribution in [0, 0.1) is 5.92 Å². The molecule has 1 aliphatic carbocycles. The van der Waals surface area contributed by atoms with Crippen molar-refractivity contribution < 1.29 is 38.2 Å². The predicted molar refractivity (Wildman–Crippen MR) is 131 cm³/mol. The van der Waals surface area contributed by atoms with Crippen LogP contribution in [-0.2, 0) is 18.4 Å². The van der Waals surface area contributed by atoms with Crippen LogP contribution in [0.4, 0.5) is 5.82 Å². The van der Waals surface area contributed by atoms with Crippen molar-refractivity contribution in [2.45, 2.75) is 56.8 Å². The van der Waals surface area contributed by atoms with Gasteiger partial charge in [-0.25, -0.2) is 9.97 Å². The number of hydrogen-bond acceptors (Lipinski definition) is 8. The minimum Gasteiger partial charge on any atom is -0.393 e. The lowest BCUT2D eigenvalue weighted by Gasteiger charge is -2.25. The summed E-state index contributed by atoms with van der Waals surface area (Å²) in [6.45, 7) is 0.499. The lowest BCUT2D eigenvalue weighted by Crippen LogP contribution is -2.23. The second kappa shape index (κ2) is 11.1. The molecule has 14 heteroatoms. The molecule has 2 fully saturated rings. The minimum absolute atomic E-state index is 0.124. The number of nitrogens with one attached hydrogen (secondary N) is 1. The van der Waals surface area contributed by atoms with E-state index in [1.54, 1.807) is 0 Å². The molecule has 3 atom stereocenters. The molecule has 11 nitrogen and oxygen atoms in total. The molecule has 35 heavy (non-hydrogen) atoms. The SMILES string of the molecule is O=P(O)(O)CP(=O)(O)OC[C@@H]1CC[C@H](c2ccc3c(NCC4CCC(O)CC4)nc(Cl)nc3c2)O1. The van der Waals surface area contributed by atoms with Crippen molar-refractivity contribution in [1.29, 1.82) is 0 Å². The summed E-state index contributed by atoms with van der Waals surface area (Å²) in [6, 6.07) is 5.70. The normalized spacial score (nSPS) is 27.1. The van der Waals surface area contributed by atoms with Gasteiger partial charge in [0.05, 0.1) is 30.4 Å². The summed E-state index contributed by atoms with van der Waals surface area (Å²) >= 11 is 6.18. The number of hydrogen-bond donors (Lipinski definition) is 5. The van der Waals surface area contributed by atoms with Crippen molar-refractivity contribution in [1.82, 2.24) is 9.97 Å². The third-order valence-corrected chi connectivity index (χ3v) is 10.00. The second-order valence-corrected chi connectivity index (χ2v) is 13.6. The first kappa shape index (κ1) is 26.9. The summed E-state index contributed by atoms with van der Waals surface area (Å²) in [4.78, 5) is 36.2. The second-order valence-electron chi connectivity index (χ2n) is 9.24. The summed E-state index contributed by atoms with van der Waals surface area (Å²) in [6.07, 6.45) is 3.79. The maximum Gasteiger partial charge on any atom is 0.340 e. The van der Waals surface area contributed by atoms with Crippen LogP contribution in [0.3, 0.4) is 0 Å². The number of aromatic nitrogens is 2. The molecular weight excluding hydrogens is 520 g/mol. The van der Waals surface area contributed by atoms with Gasteiger partial charge in [0.1, 0.15) is 5.82 Å². The maximum atomic E-state index is 11.9. The Balaban J connectivity index is 1.39. The molecule has 1 saturated carbocycles. The molecule has 2 heterocycles. The number of aliphatic hydroxyl groups is 1. The van der Waals surface area contributed by atoms with E-state index in [-0.39, 0.29) is 24.1 Å².